The summed E-state index contributed by atoms with van der Waals surface area (Å²) in [5, 5.41) is 4.73. The summed E-state index contributed by atoms with van der Waals surface area (Å²) >= 11 is 5.22. The molecule has 2 heterocycles. The van der Waals surface area contributed by atoms with Crippen molar-refractivity contribution >= 4 is 29.3 Å². The highest BCUT2D eigenvalue weighted by atomic mass is 32.1. The van der Waals surface area contributed by atoms with Crippen molar-refractivity contribution in [2.24, 2.45) is 11.0 Å². The number of H-pyrrole nitrogens is 1. The second kappa shape index (κ2) is 5.31. The highest BCUT2D eigenvalue weighted by Gasteiger charge is 2.36. The van der Waals surface area contributed by atoms with E-state index in [1.54, 1.807) is 6.07 Å². The lowest BCUT2D eigenvalue weighted by Crippen LogP contribution is -2.18. The molecule has 0 aliphatic heterocycles. The van der Waals surface area contributed by atoms with Crippen LogP contribution >= 0.6 is 12.2 Å². The van der Waals surface area contributed by atoms with E-state index in [-0.39, 0.29) is 10.3 Å². The van der Waals surface area contributed by atoms with Gasteiger partial charge in [-0.05, 0) is 48.8 Å². The Labute approximate surface area is 137 Å². The fourth-order valence-electron chi connectivity index (χ4n) is 2.73. The number of hydrogen-bond donors (Lipinski definition) is 1. The number of hydrogen-bond acceptors (Lipinski definition) is 4. The van der Waals surface area contributed by atoms with E-state index in [9.17, 15) is 4.79 Å². The van der Waals surface area contributed by atoms with Crippen molar-refractivity contribution in [3.05, 3.63) is 63.0 Å². The Kier molecular flexibility index (Phi) is 3.27. The van der Waals surface area contributed by atoms with E-state index < -0.39 is 0 Å². The first-order valence-electron chi connectivity index (χ1n) is 7.51. The Morgan fingerprint density at radius 3 is 2.91 bits per heavy atom. The van der Waals surface area contributed by atoms with Crippen LogP contribution in [0.4, 0.5) is 0 Å². The third-order valence-corrected chi connectivity index (χ3v) is 4.48. The molecule has 116 valence electrons. The molecule has 6 heteroatoms. The van der Waals surface area contributed by atoms with Crippen LogP contribution in [0.3, 0.4) is 0 Å². The summed E-state index contributed by atoms with van der Waals surface area (Å²) in [6.07, 6.45) is 2.69. The fraction of sp³-hybridized carbons (Fsp3) is 0.235. The molecule has 2 atom stereocenters. The molecule has 1 aromatic carbocycles. The maximum atomic E-state index is 12.5. The van der Waals surface area contributed by atoms with Crippen LogP contribution in [0.1, 0.15) is 30.8 Å². The molecule has 0 radical (unpaired) electrons. The molecule has 1 aliphatic carbocycles. The molecular weight excluding hydrogens is 310 g/mol. The van der Waals surface area contributed by atoms with Crippen molar-refractivity contribution in [2.75, 3.05) is 0 Å². The molecule has 5 nitrogen and oxygen atoms in total. The van der Waals surface area contributed by atoms with Crippen LogP contribution in [0, 0.1) is 10.7 Å². The lowest BCUT2D eigenvalue weighted by atomic mass is 10.2. The van der Waals surface area contributed by atoms with Gasteiger partial charge in [0.25, 0.3) is 5.56 Å². The van der Waals surface area contributed by atoms with Gasteiger partial charge in [0.05, 0.1) is 17.1 Å². The van der Waals surface area contributed by atoms with Gasteiger partial charge in [0.15, 0.2) is 0 Å². The SMILES string of the molecule is C[C@H]1C[C@H]1c1ccc(/C=N\n2c(=S)[nH]c3ccccc3c2=O)o1. The van der Waals surface area contributed by atoms with E-state index in [0.29, 0.717) is 28.5 Å². The van der Waals surface area contributed by atoms with Gasteiger partial charge in [-0.25, -0.2) is 0 Å². The summed E-state index contributed by atoms with van der Waals surface area (Å²) in [6.45, 7) is 2.20. The topological polar surface area (TPSA) is 63.3 Å². The number of fused-ring (bicyclic) bond motifs is 1. The number of aromatic nitrogens is 2. The second-order valence-electron chi connectivity index (χ2n) is 5.90. The summed E-state index contributed by atoms with van der Waals surface area (Å²) < 4.78 is 7.20. The summed E-state index contributed by atoms with van der Waals surface area (Å²) in [6, 6.07) is 11.1. The van der Waals surface area contributed by atoms with Gasteiger partial charge in [-0.2, -0.15) is 9.78 Å². The predicted molar refractivity (Wildman–Crippen MR) is 91.6 cm³/mol. The third kappa shape index (κ3) is 2.55. The Morgan fingerprint density at radius 1 is 1.35 bits per heavy atom. The summed E-state index contributed by atoms with van der Waals surface area (Å²) in [5.41, 5.74) is 0.458. The quantitative estimate of drug-likeness (QED) is 0.590. The maximum Gasteiger partial charge on any atom is 0.282 e. The van der Waals surface area contributed by atoms with Crippen molar-refractivity contribution in [3.63, 3.8) is 0 Å². The van der Waals surface area contributed by atoms with Crippen molar-refractivity contribution in [2.45, 2.75) is 19.3 Å². The average molecular weight is 325 g/mol. The van der Waals surface area contributed by atoms with E-state index in [1.807, 2.05) is 30.3 Å². The molecule has 0 saturated heterocycles. The van der Waals surface area contributed by atoms with Crippen LogP contribution in [-0.2, 0) is 0 Å². The van der Waals surface area contributed by atoms with Gasteiger partial charge in [-0.3, -0.25) is 4.79 Å². The largest absolute Gasteiger partial charge is 0.460 e. The standard InChI is InChI=1S/C17H15N3O2S/c1-10-8-13(10)15-7-6-11(22-15)9-18-20-16(21)12-4-2-3-5-14(12)19-17(20)23/h2-7,9-10,13H,8H2,1H3,(H,19,23)/b18-9-/t10-,13+/m0/s1. The lowest BCUT2D eigenvalue weighted by Gasteiger charge is -2.01. The molecule has 0 amide bonds. The number of para-hydroxylation sites is 1. The zero-order chi connectivity index (χ0) is 16.0. The van der Waals surface area contributed by atoms with Gasteiger partial charge < -0.3 is 9.40 Å². The molecule has 1 N–H and O–H groups in total. The van der Waals surface area contributed by atoms with Crippen LogP contribution in [0.2, 0.25) is 0 Å². The Hall–Kier alpha value is -2.47. The van der Waals surface area contributed by atoms with E-state index in [0.717, 1.165) is 5.76 Å². The molecule has 1 fully saturated rings. The maximum absolute atomic E-state index is 12.5. The monoisotopic (exact) mass is 325 g/mol. The van der Waals surface area contributed by atoms with Crippen LogP contribution < -0.4 is 5.56 Å². The summed E-state index contributed by atoms with van der Waals surface area (Å²) in [5.74, 6) is 2.80. The van der Waals surface area contributed by atoms with Crippen LogP contribution in [0.5, 0.6) is 0 Å². The van der Waals surface area contributed by atoms with Crippen molar-refractivity contribution in [3.8, 4) is 0 Å². The normalized spacial score (nSPS) is 20.4. The van der Waals surface area contributed by atoms with E-state index in [2.05, 4.69) is 17.0 Å². The minimum absolute atomic E-state index is 0.247. The van der Waals surface area contributed by atoms with Crippen molar-refractivity contribution < 1.29 is 4.42 Å². The number of benzene rings is 1. The molecule has 0 unspecified atom stereocenters. The highest BCUT2D eigenvalue weighted by Crippen LogP contribution is 2.47. The van der Waals surface area contributed by atoms with E-state index in [4.69, 9.17) is 16.6 Å². The summed E-state index contributed by atoms with van der Waals surface area (Å²) in [7, 11) is 0. The van der Waals surface area contributed by atoms with Gasteiger partial charge in [-0.15, -0.1) is 0 Å². The smallest absolute Gasteiger partial charge is 0.282 e. The van der Waals surface area contributed by atoms with Crippen molar-refractivity contribution in [1.29, 1.82) is 0 Å². The lowest BCUT2D eigenvalue weighted by molar-refractivity contribution is 0.500. The first kappa shape index (κ1) is 14.1. The number of rotatable bonds is 3. The zero-order valence-electron chi connectivity index (χ0n) is 12.5. The first-order chi connectivity index (χ1) is 11.1. The second-order valence-corrected chi connectivity index (χ2v) is 6.28. The number of aromatic amines is 1. The molecule has 1 aliphatic rings. The fourth-order valence-corrected chi connectivity index (χ4v) is 2.97. The average Bonchev–Trinajstić information content (AvgIpc) is 3.08. The van der Waals surface area contributed by atoms with E-state index >= 15 is 0 Å². The molecule has 1 saturated carbocycles. The van der Waals surface area contributed by atoms with Crippen LogP contribution in [-0.4, -0.2) is 15.9 Å². The van der Waals surface area contributed by atoms with Crippen LogP contribution in [0.15, 0.2) is 50.7 Å². The van der Waals surface area contributed by atoms with Gasteiger partial charge in [0.1, 0.15) is 11.5 Å². The number of nitrogens with zero attached hydrogens (tertiary/aromatic N) is 2. The van der Waals surface area contributed by atoms with Gasteiger partial charge in [0, 0.05) is 5.92 Å². The number of furan rings is 1. The minimum atomic E-state index is -0.247. The van der Waals surface area contributed by atoms with Crippen LogP contribution in [0.25, 0.3) is 10.9 Å². The molecular formula is C17H15N3O2S. The van der Waals surface area contributed by atoms with Gasteiger partial charge >= 0.3 is 0 Å². The highest BCUT2D eigenvalue weighted by molar-refractivity contribution is 7.71. The minimum Gasteiger partial charge on any atom is -0.460 e. The molecule has 23 heavy (non-hydrogen) atoms. The first-order valence-corrected chi connectivity index (χ1v) is 7.92. The Balaban J connectivity index is 1.71. The molecule has 3 aromatic rings. The Morgan fingerprint density at radius 2 is 2.13 bits per heavy atom. The number of nitrogens with one attached hydrogen (secondary N) is 1. The van der Waals surface area contributed by atoms with E-state index in [1.165, 1.54) is 17.3 Å². The predicted octanol–water partition coefficient (Wildman–Crippen LogP) is 3.66. The molecule has 0 spiro atoms. The molecule has 4 rings (SSSR count). The zero-order valence-corrected chi connectivity index (χ0v) is 13.3. The van der Waals surface area contributed by atoms with Crippen molar-refractivity contribution in [1.82, 2.24) is 9.66 Å². The summed E-state index contributed by atoms with van der Waals surface area (Å²) in [4.78, 5) is 15.5. The Bertz CT molecular complexity index is 1030. The third-order valence-electron chi connectivity index (χ3n) is 4.21. The molecule has 0 bridgehead atoms. The van der Waals surface area contributed by atoms with Gasteiger partial charge in [-0.1, -0.05) is 19.1 Å². The molecule has 2 aromatic heterocycles. The van der Waals surface area contributed by atoms with Gasteiger partial charge in [0.2, 0.25) is 4.77 Å².